The Morgan fingerprint density at radius 1 is 1.33 bits per heavy atom. The maximum Gasteiger partial charge on any atom is 0.0897 e. The Kier molecular flexibility index (Phi) is 7.90. The van der Waals surface area contributed by atoms with Gasteiger partial charge in [-0.1, -0.05) is 0 Å². The Hall–Kier alpha value is -0.200. The van der Waals surface area contributed by atoms with Crippen molar-refractivity contribution >= 4 is 0 Å². The highest BCUT2D eigenvalue weighted by molar-refractivity contribution is 4.77. The van der Waals surface area contributed by atoms with Crippen molar-refractivity contribution in [3.63, 3.8) is 0 Å². The predicted molar refractivity (Wildman–Crippen MR) is 57.9 cm³/mol. The minimum absolute atomic E-state index is 0.0320. The monoisotopic (exact) mass is 221 g/mol. The number of hydrogen-bond acceptors (Lipinski definition) is 5. The molecule has 0 saturated heterocycles. The van der Waals surface area contributed by atoms with Gasteiger partial charge in [-0.05, 0) is 13.8 Å². The van der Waals surface area contributed by atoms with E-state index >= 15 is 0 Å². The molecule has 0 saturated carbocycles. The summed E-state index contributed by atoms with van der Waals surface area (Å²) in [6.45, 7) is 5.46. The summed E-state index contributed by atoms with van der Waals surface area (Å²) in [7, 11) is 1.60. The number of β-amino-alcohol motifs (C(OH)–C–C–N with tert-alkyl or cyclic N) is 1. The largest absolute Gasteiger partial charge is 0.394 e. The summed E-state index contributed by atoms with van der Waals surface area (Å²) in [5.41, 5.74) is -0.368. The van der Waals surface area contributed by atoms with Crippen molar-refractivity contribution in [3.05, 3.63) is 0 Å². The maximum absolute atomic E-state index is 9.50. The number of aliphatic hydroxyl groups excluding tert-OH is 2. The van der Waals surface area contributed by atoms with E-state index in [-0.39, 0.29) is 18.8 Å². The van der Waals surface area contributed by atoms with Gasteiger partial charge in [0, 0.05) is 19.2 Å². The van der Waals surface area contributed by atoms with Crippen LogP contribution in [0.1, 0.15) is 13.8 Å². The first kappa shape index (κ1) is 14.8. The van der Waals surface area contributed by atoms with Gasteiger partial charge in [0.25, 0.3) is 0 Å². The summed E-state index contributed by atoms with van der Waals surface area (Å²) in [6.07, 6.45) is -0.562. The molecule has 0 aliphatic rings. The maximum atomic E-state index is 9.50. The third-order valence-corrected chi connectivity index (χ3v) is 1.95. The van der Waals surface area contributed by atoms with Gasteiger partial charge in [0.05, 0.1) is 32.5 Å². The standard InChI is InChI=1S/C10H23NO4/c1-10(2,8-12)11-6-9(13)7-15-5-4-14-3/h9,11-13H,4-8H2,1-3H3. The van der Waals surface area contributed by atoms with Crippen LogP contribution in [0.25, 0.3) is 0 Å². The SMILES string of the molecule is COCCOCC(O)CNC(C)(C)CO. The highest BCUT2D eigenvalue weighted by Gasteiger charge is 2.16. The zero-order valence-corrected chi connectivity index (χ0v) is 9.82. The second-order valence-electron chi connectivity index (χ2n) is 4.14. The van der Waals surface area contributed by atoms with Crippen molar-refractivity contribution in [1.82, 2.24) is 5.32 Å². The first-order valence-electron chi connectivity index (χ1n) is 5.12. The molecule has 0 aromatic rings. The number of rotatable bonds is 9. The average molecular weight is 221 g/mol. The number of nitrogens with one attached hydrogen (secondary N) is 1. The van der Waals surface area contributed by atoms with Gasteiger partial charge < -0.3 is 25.0 Å². The third-order valence-electron chi connectivity index (χ3n) is 1.95. The van der Waals surface area contributed by atoms with E-state index in [9.17, 15) is 5.11 Å². The van der Waals surface area contributed by atoms with Crippen molar-refractivity contribution in [1.29, 1.82) is 0 Å². The van der Waals surface area contributed by atoms with Crippen LogP contribution in [0.5, 0.6) is 0 Å². The Bertz CT molecular complexity index is 152. The molecule has 0 aliphatic carbocycles. The van der Waals surface area contributed by atoms with E-state index in [1.807, 2.05) is 13.8 Å². The topological polar surface area (TPSA) is 71.0 Å². The van der Waals surface area contributed by atoms with Gasteiger partial charge in [-0.2, -0.15) is 0 Å². The van der Waals surface area contributed by atoms with E-state index in [1.54, 1.807) is 7.11 Å². The summed E-state index contributed by atoms with van der Waals surface area (Å²) in [4.78, 5) is 0. The molecule has 3 N–H and O–H groups in total. The molecular formula is C10H23NO4. The van der Waals surface area contributed by atoms with Crippen LogP contribution >= 0.6 is 0 Å². The fraction of sp³-hybridized carbons (Fsp3) is 1.00. The summed E-state index contributed by atoms with van der Waals surface area (Å²) in [6, 6.07) is 0. The van der Waals surface area contributed by atoms with E-state index in [1.165, 1.54) is 0 Å². The van der Waals surface area contributed by atoms with Gasteiger partial charge in [0.2, 0.25) is 0 Å². The Morgan fingerprint density at radius 3 is 2.53 bits per heavy atom. The molecule has 0 heterocycles. The zero-order valence-electron chi connectivity index (χ0n) is 9.82. The molecule has 0 fully saturated rings. The molecule has 92 valence electrons. The van der Waals surface area contributed by atoms with Crippen molar-refractivity contribution < 1.29 is 19.7 Å². The highest BCUT2D eigenvalue weighted by atomic mass is 16.5. The van der Waals surface area contributed by atoms with Gasteiger partial charge in [-0.3, -0.25) is 0 Å². The van der Waals surface area contributed by atoms with Crippen molar-refractivity contribution in [2.75, 3.05) is 40.1 Å². The predicted octanol–water partition coefficient (Wildman–Crippen LogP) is -0.629. The van der Waals surface area contributed by atoms with Crippen LogP contribution in [-0.4, -0.2) is 61.9 Å². The Balaban J connectivity index is 3.44. The second-order valence-corrected chi connectivity index (χ2v) is 4.14. The van der Waals surface area contributed by atoms with Gasteiger partial charge in [0.15, 0.2) is 0 Å². The lowest BCUT2D eigenvalue weighted by atomic mass is 10.1. The quantitative estimate of drug-likeness (QED) is 0.452. The summed E-state index contributed by atoms with van der Waals surface area (Å²) >= 11 is 0. The van der Waals surface area contributed by atoms with Crippen LogP contribution in [0.15, 0.2) is 0 Å². The summed E-state index contributed by atoms with van der Waals surface area (Å²) in [5, 5.41) is 21.5. The van der Waals surface area contributed by atoms with Crippen LogP contribution < -0.4 is 5.32 Å². The molecule has 5 nitrogen and oxygen atoms in total. The van der Waals surface area contributed by atoms with Crippen LogP contribution in [0.4, 0.5) is 0 Å². The summed E-state index contributed by atoms with van der Waals surface area (Å²) < 4.78 is 9.96. The first-order valence-corrected chi connectivity index (χ1v) is 5.12. The lowest BCUT2D eigenvalue weighted by Crippen LogP contribution is -2.47. The number of ether oxygens (including phenoxy) is 2. The van der Waals surface area contributed by atoms with E-state index in [0.717, 1.165) is 0 Å². The highest BCUT2D eigenvalue weighted by Crippen LogP contribution is 1.99. The minimum atomic E-state index is -0.562. The van der Waals surface area contributed by atoms with Crippen LogP contribution in [0, 0.1) is 0 Å². The van der Waals surface area contributed by atoms with Crippen LogP contribution in [0.2, 0.25) is 0 Å². The zero-order chi connectivity index (χ0) is 11.7. The fourth-order valence-electron chi connectivity index (χ4n) is 0.871. The Labute approximate surface area is 91.4 Å². The second kappa shape index (κ2) is 8.01. The van der Waals surface area contributed by atoms with Crippen molar-refractivity contribution in [3.8, 4) is 0 Å². The van der Waals surface area contributed by atoms with E-state index in [4.69, 9.17) is 14.6 Å². The molecule has 15 heavy (non-hydrogen) atoms. The van der Waals surface area contributed by atoms with E-state index in [2.05, 4.69) is 5.32 Å². The molecule has 0 aliphatic heterocycles. The molecular weight excluding hydrogens is 198 g/mol. The molecule has 0 bridgehead atoms. The molecule has 0 amide bonds. The number of hydrogen-bond donors (Lipinski definition) is 3. The molecule has 0 aromatic heterocycles. The lowest BCUT2D eigenvalue weighted by molar-refractivity contribution is 0.0102. The third kappa shape index (κ3) is 8.77. The van der Waals surface area contributed by atoms with Gasteiger partial charge >= 0.3 is 0 Å². The molecule has 1 unspecified atom stereocenters. The Morgan fingerprint density at radius 2 is 2.00 bits per heavy atom. The average Bonchev–Trinajstić information content (AvgIpc) is 2.22. The molecule has 0 spiro atoms. The van der Waals surface area contributed by atoms with Crippen molar-refractivity contribution in [2.24, 2.45) is 0 Å². The van der Waals surface area contributed by atoms with E-state index < -0.39 is 6.10 Å². The molecule has 0 rings (SSSR count). The van der Waals surface area contributed by atoms with Crippen LogP contribution in [-0.2, 0) is 9.47 Å². The lowest BCUT2D eigenvalue weighted by Gasteiger charge is -2.25. The molecule has 0 radical (unpaired) electrons. The fourth-order valence-corrected chi connectivity index (χ4v) is 0.871. The normalized spacial score (nSPS) is 14.2. The van der Waals surface area contributed by atoms with Crippen molar-refractivity contribution in [2.45, 2.75) is 25.5 Å². The number of aliphatic hydroxyl groups is 2. The van der Waals surface area contributed by atoms with Crippen LogP contribution in [0.3, 0.4) is 0 Å². The first-order chi connectivity index (χ1) is 7.02. The molecule has 5 heteroatoms. The van der Waals surface area contributed by atoms with Gasteiger partial charge in [-0.15, -0.1) is 0 Å². The summed E-state index contributed by atoms with van der Waals surface area (Å²) in [5.74, 6) is 0. The van der Waals surface area contributed by atoms with Gasteiger partial charge in [-0.25, -0.2) is 0 Å². The van der Waals surface area contributed by atoms with Gasteiger partial charge in [0.1, 0.15) is 0 Å². The smallest absolute Gasteiger partial charge is 0.0897 e. The molecule has 0 aromatic carbocycles. The van der Waals surface area contributed by atoms with E-state index in [0.29, 0.717) is 19.8 Å². The minimum Gasteiger partial charge on any atom is -0.394 e. The molecule has 1 atom stereocenters. The number of methoxy groups -OCH3 is 1.